The largest absolute Gasteiger partial charge is 0.438 e. The number of rotatable bonds is 4. The Morgan fingerprint density at radius 2 is 2.37 bits per heavy atom. The third kappa shape index (κ3) is 5.38. The second-order valence-electron chi connectivity index (χ2n) is 4.52. The van der Waals surface area contributed by atoms with Gasteiger partial charge in [0.1, 0.15) is 0 Å². The molecule has 0 bridgehead atoms. The number of carbonyl (C=O) groups excluding carboxylic acids is 1. The van der Waals surface area contributed by atoms with E-state index in [2.05, 4.69) is 15.6 Å². The van der Waals surface area contributed by atoms with Gasteiger partial charge in [-0.1, -0.05) is 0 Å². The number of piperidine rings is 1. The molecule has 1 aromatic heterocycles. The van der Waals surface area contributed by atoms with Crippen molar-refractivity contribution in [3.8, 4) is 0 Å². The van der Waals surface area contributed by atoms with Crippen LogP contribution >= 0.6 is 24.8 Å². The summed E-state index contributed by atoms with van der Waals surface area (Å²) < 4.78 is 5.03. The van der Waals surface area contributed by atoms with Gasteiger partial charge in [-0.25, -0.2) is 4.98 Å². The number of oxazole rings is 1. The van der Waals surface area contributed by atoms with Crippen LogP contribution in [0.15, 0.2) is 10.8 Å². The van der Waals surface area contributed by atoms with Crippen molar-refractivity contribution in [1.29, 1.82) is 0 Å². The zero-order valence-electron chi connectivity index (χ0n) is 11.0. The first-order chi connectivity index (χ1) is 8.27. The van der Waals surface area contributed by atoms with Crippen LogP contribution in [0.4, 0.5) is 0 Å². The number of aryl methyl sites for hydroxylation is 1. The standard InChI is InChI=1S/C12H19N3O2.2ClH/c1-9-11(17-8-15-9)12(16)14-6-4-10-3-2-5-13-7-10;;/h8,10,13H,2-7H2,1H3,(H,14,16);2*1H. The molecule has 1 saturated heterocycles. The second-order valence-corrected chi connectivity index (χ2v) is 4.52. The van der Waals surface area contributed by atoms with E-state index in [-0.39, 0.29) is 30.7 Å². The highest BCUT2D eigenvalue weighted by Gasteiger charge is 2.15. The van der Waals surface area contributed by atoms with Gasteiger partial charge in [-0.2, -0.15) is 0 Å². The van der Waals surface area contributed by atoms with E-state index in [1.807, 2.05) is 0 Å². The number of hydrogen-bond acceptors (Lipinski definition) is 4. The van der Waals surface area contributed by atoms with Gasteiger partial charge in [-0.15, -0.1) is 24.8 Å². The molecule has 1 aromatic rings. The van der Waals surface area contributed by atoms with Crippen LogP contribution in [0.2, 0.25) is 0 Å². The summed E-state index contributed by atoms with van der Waals surface area (Å²) in [5.41, 5.74) is 0.641. The maximum atomic E-state index is 11.7. The minimum absolute atomic E-state index is 0. The number of carbonyl (C=O) groups is 1. The molecule has 2 rings (SSSR count). The van der Waals surface area contributed by atoms with Crippen molar-refractivity contribution in [2.24, 2.45) is 5.92 Å². The Hall–Kier alpha value is -0.780. The van der Waals surface area contributed by atoms with Gasteiger partial charge < -0.3 is 15.1 Å². The molecular formula is C12H21Cl2N3O2. The number of amides is 1. The second kappa shape index (κ2) is 9.18. The Bertz CT molecular complexity index is 379. The van der Waals surface area contributed by atoms with Gasteiger partial charge in [0.25, 0.3) is 5.91 Å². The van der Waals surface area contributed by atoms with E-state index in [1.165, 1.54) is 19.2 Å². The van der Waals surface area contributed by atoms with Gasteiger partial charge in [-0.3, -0.25) is 4.79 Å². The lowest BCUT2D eigenvalue weighted by Gasteiger charge is -2.22. The number of aromatic nitrogens is 1. The molecule has 1 unspecified atom stereocenters. The fraction of sp³-hybridized carbons (Fsp3) is 0.667. The van der Waals surface area contributed by atoms with Gasteiger partial charge >= 0.3 is 0 Å². The van der Waals surface area contributed by atoms with E-state index < -0.39 is 0 Å². The minimum atomic E-state index is -0.163. The molecule has 19 heavy (non-hydrogen) atoms. The predicted molar refractivity (Wildman–Crippen MR) is 78.3 cm³/mol. The molecule has 2 N–H and O–H groups in total. The molecular weight excluding hydrogens is 289 g/mol. The van der Waals surface area contributed by atoms with Crippen molar-refractivity contribution in [3.05, 3.63) is 17.8 Å². The van der Waals surface area contributed by atoms with Crippen LogP contribution in [0.3, 0.4) is 0 Å². The Balaban J connectivity index is 0.00000162. The predicted octanol–water partition coefficient (Wildman–Crippen LogP) is 1.95. The summed E-state index contributed by atoms with van der Waals surface area (Å²) >= 11 is 0. The first-order valence-corrected chi connectivity index (χ1v) is 6.16. The molecule has 1 aliphatic rings. The van der Waals surface area contributed by atoms with E-state index in [0.29, 0.717) is 23.9 Å². The van der Waals surface area contributed by atoms with Crippen LogP contribution in [0.1, 0.15) is 35.5 Å². The van der Waals surface area contributed by atoms with E-state index in [9.17, 15) is 4.79 Å². The molecule has 0 spiro atoms. The molecule has 0 aliphatic carbocycles. The fourth-order valence-electron chi connectivity index (χ4n) is 2.16. The Labute approximate surface area is 125 Å². The van der Waals surface area contributed by atoms with E-state index >= 15 is 0 Å². The summed E-state index contributed by atoms with van der Waals surface area (Å²) in [4.78, 5) is 15.6. The number of hydrogen-bond donors (Lipinski definition) is 2. The van der Waals surface area contributed by atoms with Gasteiger partial charge in [0, 0.05) is 6.54 Å². The molecule has 1 amide bonds. The van der Waals surface area contributed by atoms with Gasteiger partial charge in [0.2, 0.25) is 5.76 Å². The van der Waals surface area contributed by atoms with Gasteiger partial charge in [-0.05, 0) is 45.2 Å². The maximum absolute atomic E-state index is 11.7. The lowest BCUT2D eigenvalue weighted by atomic mass is 9.96. The van der Waals surface area contributed by atoms with Crippen LogP contribution in [-0.2, 0) is 0 Å². The number of nitrogens with one attached hydrogen (secondary N) is 2. The average molecular weight is 310 g/mol. The van der Waals surface area contributed by atoms with Crippen molar-refractivity contribution in [3.63, 3.8) is 0 Å². The molecule has 0 radical (unpaired) electrons. The number of halogens is 2. The first kappa shape index (κ1) is 18.2. The monoisotopic (exact) mass is 309 g/mol. The highest BCUT2D eigenvalue weighted by atomic mass is 35.5. The highest BCUT2D eigenvalue weighted by Crippen LogP contribution is 2.13. The topological polar surface area (TPSA) is 67.2 Å². The SMILES string of the molecule is Cc1ncoc1C(=O)NCCC1CCCNC1.Cl.Cl. The third-order valence-electron chi connectivity index (χ3n) is 3.19. The maximum Gasteiger partial charge on any atom is 0.288 e. The zero-order valence-corrected chi connectivity index (χ0v) is 12.6. The summed E-state index contributed by atoms with van der Waals surface area (Å²) in [5, 5.41) is 6.24. The molecule has 2 heterocycles. The van der Waals surface area contributed by atoms with Gasteiger partial charge in [0.15, 0.2) is 6.39 Å². The molecule has 0 saturated carbocycles. The lowest BCUT2D eigenvalue weighted by molar-refractivity contribution is 0.0922. The smallest absolute Gasteiger partial charge is 0.288 e. The van der Waals surface area contributed by atoms with Crippen molar-refractivity contribution < 1.29 is 9.21 Å². The van der Waals surface area contributed by atoms with E-state index in [4.69, 9.17) is 4.42 Å². The lowest BCUT2D eigenvalue weighted by Crippen LogP contribution is -2.33. The van der Waals surface area contributed by atoms with E-state index in [1.54, 1.807) is 6.92 Å². The molecule has 1 fully saturated rings. The Morgan fingerprint density at radius 1 is 1.58 bits per heavy atom. The van der Waals surface area contributed by atoms with Crippen LogP contribution in [-0.4, -0.2) is 30.5 Å². The zero-order chi connectivity index (χ0) is 12.1. The van der Waals surface area contributed by atoms with Crippen molar-refractivity contribution in [2.75, 3.05) is 19.6 Å². The van der Waals surface area contributed by atoms with Crippen molar-refractivity contribution in [1.82, 2.24) is 15.6 Å². The quantitative estimate of drug-likeness (QED) is 0.892. The summed E-state index contributed by atoms with van der Waals surface area (Å²) in [7, 11) is 0. The normalized spacial score (nSPS) is 18.1. The van der Waals surface area contributed by atoms with Crippen molar-refractivity contribution >= 4 is 30.7 Å². The van der Waals surface area contributed by atoms with Crippen LogP contribution < -0.4 is 10.6 Å². The number of nitrogens with zero attached hydrogens (tertiary/aromatic N) is 1. The minimum Gasteiger partial charge on any atom is -0.438 e. The molecule has 5 nitrogen and oxygen atoms in total. The molecule has 1 atom stereocenters. The Kier molecular flexibility index (Phi) is 8.80. The van der Waals surface area contributed by atoms with Crippen molar-refractivity contribution in [2.45, 2.75) is 26.2 Å². The molecule has 0 aromatic carbocycles. The van der Waals surface area contributed by atoms with E-state index in [0.717, 1.165) is 19.5 Å². The fourth-order valence-corrected chi connectivity index (χ4v) is 2.16. The Morgan fingerprint density at radius 3 is 2.95 bits per heavy atom. The molecule has 1 aliphatic heterocycles. The molecule has 7 heteroatoms. The summed E-state index contributed by atoms with van der Waals surface area (Å²) in [6, 6.07) is 0. The van der Waals surface area contributed by atoms with Crippen LogP contribution in [0.25, 0.3) is 0 Å². The summed E-state index contributed by atoms with van der Waals surface area (Å²) in [6.07, 6.45) is 4.81. The van der Waals surface area contributed by atoms with Crippen LogP contribution in [0.5, 0.6) is 0 Å². The summed E-state index contributed by atoms with van der Waals surface area (Å²) in [6.45, 7) is 4.66. The average Bonchev–Trinajstić information content (AvgIpc) is 2.77. The summed E-state index contributed by atoms with van der Waals surface area (Å²) in [5.74, 6) is 0.843. The van der Waals surface area contributed by atoms with Gasteiger partial charge in [0.05, 0.1) is 5.69 Å². The first-order valence-electron chi connectivity index (χ1n) is 6.16. The third-order valence-corrected chi connectivity index (χ3v) is 3.19. The highest BCUT2D eigenvalue weighted by molar-refractivity contribution is 5.92. The molecule has 110 valence electrons. The van der Waals surface area contributed by atoms with Crippen LogP contribution in [0, 0.1) is 12.8 Å².